The molecule has 1 atom stereocenters. The monoisotopic (exact) mass is 336 g/mol. The van der Waals surface area contributed by atoms with E-state index in [2.05, 4.69) is 10.6 Å². The molecule has 124 valence electrons. The van der Waals surface area contributed by atoms with Crippen LogP contribution in [0.2, 0.25) is 0 Å². The van der Waals surface area contributed by atoms with Crippen molar-refractivity contribution >= 4 is 23.5 Å². The van der Waals surface area contributed by atoms with Gasteiger partial charge in [0.2, 0.25) is 0 Å². The lowest BCUT2D eigenvalue weighted by Gasteiger charge is -2.18. The number of aliphatic hydroxyl groups is 1. The van der Waals surface area contributed by atoms with E-state index in [0.29, 0.717) is 12.2 Å². The highest BCUT2D eigenvalue weighted by Crippen LogP contribution is 2.25. The zero-order valence-electron chi connectivity index (χ0n) is 12.1. The molecule has 0 aliphatic heterocycles. The number of anilines is 1. The molecule has 1 aromatic carbocycles. The highest BCUT2D eigenvalue weighted by Gasteiger charge is 2.29. The minimum Gasteiger partial charge on any atom is -0.396 e. The van der Waals surface area contributed by atoms with Crippen LogP contribution in [-0.4, -0.2) is 42.0 Å². The van der Waals surface area contributed by atoms with Gasteiger partial charge in [-0.25, -0.2) is 4.79 Å². The van der Waals surface area contributed by atoms with Crippen LogP contribution in [0.15, 0.2) is 24.3 Å². The molecule has 0 saturated heterocycles. The van der Waals surface area contributed by atoms with Crippen molar-refractivity contribution in [1.29, 1.82) is 0 Å². The molecule has 0 saturated carbocycles. The molecule has 0 fully saturated rings. The molecule has 0 heterocycles. The lowest BCUT2D eigenvalue weighted by Crippen LogP contribution is -2.40. The van der Waals surface area contributed by atoms with Crippen molar-refractivity contribution in [2.75, 3.05) is 23.9 Å². The normalized spacial score (nSPS) is 12.8. The molecule has 0 spiro atoms. The number of benzene rings is 1. The van der Waals surface area contributed by atoms with Gasteiger partial charge in [0.1, 0.15) is 0 Å². The number of para-hydroxylation sites is 1. The minimum atomic E-state index is -4.34. The Kier molecular flexibility index (Phi) is 7.53. The number of aliphatic hydroxyl groups excluding tert-OH is 1. The molecule has 3 N–H and O–H groups in total. The van der Waals surface area contributed by atoms with Crippen molar-refractivity contribution in [3.63, 3.8) is 0 Å². The Labute approximate surface area is 131 Å². The highest BCUT2D eigenvalue weighted by molar-refractivity contribution is 7.98. The number of carbonyl (C=O) groups excluding carboxylic acids is 1. The van der Waals surface area contributed by atoms with Crippen molar-refractivity contribution in [3.8, 4) is 0 Å². The van der Waals surface area contributed by atoms with Gasteiger partial charge in [-0.3, -0.25) is 0 Å². The Balaban J connectivity index is 2.71. The third kappa shape index (κ3) is 7.04. The van der Waals surface area contributed by atoms with E-state index in [9.17, 15) is 18.0 Å². The number of thioether (sulfide) groups is 1. The Hall–Kier alpha value is -1.41. The summed E-state index contributed by atoms with van der Waals surface area (Å²) in [5.41, 5.74) is 0.137. The zero-order valence-corrected chi connectivity index (χ0v) is 12.9. The summed E-state index contributed by atoms with van der Waals surface area (Å²) in [7, 11) is 0. The molecule has 0 aromatic heterocycles. The molecule has 22 heavy (non-hydrogen) atoms. The molecule has 0 aliphatic rings. The summed E-state index contributed by atoms with van der Waals surface area (Å²) in [6.07, 6.45) is -3.19. The fraction of sp³-hybridized carbons (Fsp3) is 0.500. The second-order valence-electron chi connectivity index (χ2n) is 4.71. The Bertz CT molecular complexity index is 477. The summed E-state index contributed by atoms with van der Waals surface area (Å²) < 4.78 is 37.5. The zero-order chi connectivity index (χ0) is 16.6. The first kappa shape index (κ1) is 18.6. The number of hydrogen-bond acceptors (Lipinski definition) is 3. The van der Waals surface area contributed by atoms with E-state index in [4.69, 9.17) is 5.11 Å². The number of urea groups is 1. The molecule has 8 heteroatoms. The lowest BCUT2D eigenvalue weighted by atomic mass is 10.1. The van der Waals surface area contributed by atoms with Crippen LogP contribution in [0.4, 0.5) is 23.7 Å². The summed E-state index contributed by atoms with van der Waals surface area (Å²) in [5, 5.41) is 14.0. The first-order chi connectivity index (χ1) is 10.4. The second-order valence-corrected chi connectivity index (χ2v) is 5.62. The molecule has 0 radical (unpaired) electrons. The third-order valence-corrected chi connectivity index (χ3v) is 3.57. The maximum absolute atomic E-state index is 12.5. The summed E-state index contributed by atoms with van der Waals surface area (Å²) in [5.74, 6) is 0.609. The van der Waals surface area contributed by atoms with Gasteiger partial charge in [-0.2, -0.15) is 24.9 Å². The first-order valence-electron chi connectivity index (χ1n) is 6.67. The highest BCUT2D eigenvalue weighted by atomic mass is 32.2. The Morgan fingerprint density at radius 3 is 2.64 bits per heavy atom. The fourth-order valence-electron chi connectivity index (χ4n) is 1.91. The van der Waals surface area contributed by atoms with Crippen LogP contribution in [0, 0.1) is 0 Å². The number of rotatable bonds is 7. The van der Waals surface area contributed by atoms with E-state index < -0.39 is 18.6 Å². The van der Waals surface area contributed by atoms with Crippen molar-refractivity contribution in [2.24, 2.45) is 0 Å². The lowest BCUT2D eigenvalue weighted by molar-refractivity contribution is -0.127. The number of nitrogens with one attached hydrogen (secondary N) is 2. The van der Waals surface area contributed by atoms with Crippen molar-refractivity contribution in [2.45, 2.75) is 25.1 Å². The van der Waals surface area contributed by atoms with Gasteiger partial charge in [-0.15, -0.1) is 0 Å². The van der Waals surface area contributed by atoms with Crippen LogP contribution in [0.1, 0.15) is 12.0 Å². The van der Waals surface area contributed by atoms with E-state index in [1.807, 2.05) is 6.26 Å². The molecule has 1 unspecified atom stereocenters. The quantitative estimate of drug-likeness (QED) is 0.717. The SMILES string of the molecule is CSCC(CCO)NC(=O)Nc1ccccc1CC(F)(F)F. The van der Waals surface area contributed by atoms with Crippen LogP contribution in [0.25, 0.3) is 0 Å². The van der Waals surface area contributed by atoms with E-state index in [1.54, 1.807) is 6.07 Å². The minimum absolute atomic E-state index is 0.00808. The topological polar surface area (TPSA) is 61.4 Å². The number of alkyl halides is 3. The van der Waals surface area contributed by atoms with Crippen LogP contribution >= 0.6 is 11.8 Å². The van der Waals surface area contributed by atoms with Crippen molar-refractivity contribution < 1.29 is 23.1 Å². The average molecular weight is 336 g/mol. The molecule has 0 aliphatic carbocycles. The van der Waals surface area contributed by atoms with E-state index in [1.165, 1.54) is 30.0 Å². The largest absolute Gasteiger partial charge is 0.396 e. The van der Waals surface area contributed by atoms with Crippen LogP contribution < -0.4 is 10.6 Å². The summed E-state index contributed by atoms with van der Waals surface area (Å²) in [4.78, 5) is 11.9. The van der Waals surface area contributed by atoms with E-state index in [0.717, 1.165) is 0 Å². The predicted molar refractivity (Wildman–Crippen MR) is 82.2 cm³/mol. The molecule has 1 rings (SSSR count). The van der Waals surface area contributed by atoms with Crippen molar-refractivity contribution in [1.82, 2.24) is 5.32 Å². The van der Waals surface area contributed by atoms with Gasteiger partial charge in [0.15, 0.2) is 0 Å². The molecule has 2 amide bonds. The van der Waals surface area contributed by atoms with Gasteiger partial charge in [0.05, 0.1) is 6.42 Å². The van der Waals surface area contributed by atoms with Gasteiger partial charge in [-0.1, -0.05) is 18.2 Å². The van der Waals surface area contributed by atoms with Crippen molar-refractivity contribution in [3.05, 3.63) is 29.8 Å². The number of amides is 2. The van der Waals surface area contributed by atoms with E-state index in [-0.39, 0.29) is 23.9 Å². The maximum Gasteiger partial charge on any atom is 0.393 e. The van der Waals surface area contributed by atoms with Crippen LogP contribution in [0.3, 0.4) is 0 Å². The fourth-order valence-corrected chi connectivity index (χ4v) is 2.56. The maximum atomic E-state index is 12.5. The average Bonchev–Trinajstić information content (AvgIpc) is 2.40. The van der Waals surface area contributed by atoms with Gasteiger partial charge in [0.25, 0.3) is 0 Å². The van der Waals surface area contributed by atoms with Gasteiger partial charge in [-0.05, 0) is 24.3 Å². The summed E-state index contributed by atoms with van der Waals surface area (Å²) in [6.45, 7) is -0.0732. The van der Waals surface area contributed by atoms with E-state index >= 15 is 0 Å². The first-order valence-corrected chi connectivity index (χ1v) is 8.07. The van der Waals surface area contributed by atoms with Crippen LogP contribution in [0.5, 0.6) is 0 Å². The molecule has 0 bridgehead atoms. The molecular formula is C14H19F3N2O2S. The third-order valence-electron chi connectivity index (χ3n) is 2.84. The van der Waals surface area contributed by atoms with Gasteiger partial charge < -0.3 is 15.7 Å². The number of carbonyl (C=O) groups is 1. The van der Waals surface area contributed by atoms with Crippen LogP contribution in [-0.2, 0) is 6.42 Å². The Morgan fingerprint density at radius 1 is 1.36 bits per heavy atom. The predicted octanol–water partition coefficient (Wildman–Crippen LogP) is 3.03. The van der Waals surface area contributed by atoms with Gasteiger partial charge >= 0.3 is 12.2 Å². The smallest absolute Gasteiger partial charge is 0.393 e. The number of hydrogen-bond donors (Lipinski definition) is 3. The number of halogens is 3. The molecule has 1 aromatic rings. The molecular weight excluding hydrogens is 317 g/mol. The summed E-state index contributed by atoms with van der Waals surface area (Å²) in [6, 6.07) is 4.98. The standard InChI is InChI=1S/C14H19F3N2O2S/c1-22-9-11(6-7-20)18-13(21)19-12-5-3-2-4-10(12)8-14(15,16)17/h2-5,11,20H,6-9H2,1H3,(H2,18,19,21). The Morgan fingerprint density at radius 2 is 2.05 bits per heavy atom. The molecule has 4 nitrogen and oxygen atoms in total. The van der Waals surface area contributed by atoms with Gasteiger partial charge in [0, 0.05) is 24.1 Å². The summed E-state index contributed by atoms with van der Waals surface area (Å²) >= 11 is 1.51. The second kappa shape index (κ2) is 8.89.